The van der Waals surface area contributed by atoms with Gasteiger partial charge in [-0.1, -0.05) is 0 Å². The molecule has 3 heterocycles. The third-order valence-corrected chi connectivity index (χ3v) is 4.28. The van der Waals surface area contributed by atoms with E-state index >= 15 is 0 Å². The molecule has 23 heavy (non-hydrogen) atoms. The molecule has 0 radical (unpaired) electrons. The van der Waals surface area contributed by atoms with Gasteiger partial charge in [-0.2, -0.15) is 0 Å². The van der Waals surface area contributed by atoms with Gasteiger partial charge in [0.05, 0.1) is 23.6 Å². The van der Waals surface area contributed by atoms with Gasteiger partial charge in [-0.15, -0.1) is 0 Å². The fraction of sp³-hybridized carbons (Fsp3) is 0.294. The molecule has 0 bridgehead atoms. The lowest BCUT2D eigenvalue weighted by molar-refractivity contribution is -0.117. The molecular formula is C17H17N5O. The molecule has 1 aliphatic rings. The van der Waals surface area contributed by atoms with Crippen molar-refractivity contribution in [3.8, 4) is 11.3 Å². The van der Waals surface area contributed by atoms with Crippen LogP contribution in [0.1, 0.15) is 18.7 Å². The molecule has 0 unspecified atom stereocenters. The highest BCUT2D eigenvalue weighted by Crippen LogP contribution is 2.30. The van der Waals surface area contributed by atoms with Crippen molar-refractivity contribution in [2.24, 2.45) is 13.0 Å². The van der Waals surface area contributed by atoms with Crippen molar-refractivity contribution in [3.63, 3.8) is 0 Å². The van der Waals surface area contributed by atoms with Crippen LogP contribution >= 0.6 is 0 Å². The highest BCUT2D eigenvalue weighted by atomic mass is 16.2. The van der Waals surface area contributed by atoms with Crippen molar-refractivity contribution in [2.75, 3.05) is 5.32 Å². The summed E-state index contributed by atoms with van der Waals surface area (Å²) in [6, 6.07) is 3.92. The maximum atomic E-state index is 11.9. The average molecular weight is 307 g/mol. The second kappa shape index (κ2) is 5.15. The molecule has 0 aromatic carbocycles. The van der Waals surface area contributed by atoms with Gasteiger partial charge < -0.3 is 9.88 Å². The van der Waals surface area contributed by atoms with Crippen LogP contribution in [0.25, 0.3) is 22.2 Å². The van der Waals surface area contributed by atoms with Gasteiger partial charge in [-0.3, -0.25) is 9.78 Å². The van der Waals surface area contributed by atoms with Gasteiger partial charge in [-0.05, 0) is 31.9 Å². The summed E-state index contributed by atoms with van der Waals surface area (Å²) in [6.07, 6.45) is 7.31. The predicted molar refractivity (Wildman–Crippen MR) is 87.8 cm³/mol. The number of hydrogen-bond acceptors (Lipinski definition) is 4. The second-order valence-corrected chi connectivity index (χ2v) is 6.00. The van der Waals surface area contributed by atoms with Crippen molar-refractivity contribution < 1.29 is 4.79 Å². The maximum absolute atomic E-state index is 11.9. The normalized spacial score (nSPS) is 14.2. The summed E-state index contributed by atoms with van der Waals surface area (Å²) in [6.45, 7) is 1.97. The Morgan fingerprint density at radius 3 is 2.70 bits per heavy atom. The zero-order valence-electron chi connectivity index (χ0n) is 13.1. The molecule has 116 valence electrons. The largest absolute Gasteiger partial charge is 0.331 e. The number of carbonyl (C=O) groups is 1. The zero-order chi connectivity index (χ0) is 16.0. The Morgan fingerprint density at radius 1 is 1.17 bits per heavy atom. The summed E-state index contributed by atoms with van der Waals surface area (Å²) in [5.74, 6) is 1.75. The minimum atomic E-state index is 0.0585. The number of nitrogens with one attached hydrogen (secondary N) is 1. The van der Waals surface area contributed by atoms with Gasteiger partial charge in [0.1, 0.15) is 11.6 Å². The van der Waals surface area contributed by atoms with Crippen LogP contribution in [-0.2, 0) is 11.8 Å². The summed E-state index contributed by atoms with van der Waals surface area (Å²) in [7, 11) is 1.98. The fourth-order valence-corrected chi connectivity index (χ4v) is 2.58. The first-order valence-corrected chi connectivity index (χ1v) is 7.67. The number of pyridine rings is 2. The highest BCUT2D eigenvalue weighted by Gasteiger charge is 2.29. The standard InChI is InChI=1S/C17H17N5O/c1-10-18-9-15(22(10)2)13-5-12-6-16(20-8-14(12)19-7-13)21-17(23)11-3-4-11/h5-9,11H,3-4H2,1-2H3,(H,20,21,23). The molecule has 4 rings (SSSR count). The number of aryl methyl sites for hydroxylation is 1. The lowest BCUT2D eigenvalue weighted by Gasteiger charge is -2.07. The number of nitrogens with zero attached hydrogens (tertiary/aromatic N) is 4. The van der Waals surface area contributed by atoms with Crippen LogP contribution in [0, 0.1) is 12.8 Å². The number of imidazole rings is 1. The summed E-state index contributed by atoms with van der Waals surface area (Å²) < 4.78 is 2.03. The molecular weight excluding hydrogens is 290 g/mol. The Morgan fingerprint density at radius 2 is 2.00 bits per heavy atom. The van der Waals surface area contributed by atoms with Crippen LogP contribution in [0.4, 0.5) is 5.82 Å². The molecule has 0 aliphatic heterocycles. The summed E-state index contributed by atoms with van der Waals surface area (Å²) in [4.78, 5) is 24.9. The molecule has 6 heteroatoms. The number of rotatable bonds is 3. The van der Waals surface area contributed by atoms with Crippen LogP contribution in [0.3, 0.4) is 0 Å². The molecule has 3 aromatic rings. The van der Waals surface area contributed by atoms with E-state index in [-0.39, 0.29) is 11.8 Å². The molecule has 3 aromatic heterocycles. The van der Waals surface area contributed by atoms with E-state index in [9.17, 15) is 4.79 Å². The van der Waals surface area contributed by atoms with Crippen LogP contribution in [0.2, 0.25) is 0 Å². The van der Waals surface area contributed by atoms with E-state index in [0.717, 1.165) is 40.8 Å². The first-order valence-electron chi connectivity index (χ1n) is 7.67. The molecule has 1 N–H and O–H groups in total. The Labute approximate surface area is 133 Å². The Balaban J connectivity index is 1.71. The first-order chi connectivity index (χ1) is 11.1. The third kappa shape index (κ3) is 2.56. The third-order valence-electron chi connectivity index (χ3n) is 4.28. The minimum absolute atomic E-state index is 0.0585. The number of hydrogen-bond donors (Lipinski definition) is 1. The van der Waals surface area contributed by atoms with Crippen molar-refractivity contribution in [1.29, 1.82) is 0 Å². The predicted octanol–water partition coefficient (Wildman–Crippen LogP) is 2.69. The minimum Gasteiger partial charge on any atom is -0.331 e. The average Bonchev–Trinajstić information content (AvgIpc) is 3.34. The molecule has 1 fully saturated rings. The first kappa shape index (κ1) is 13.9. The Bertz CT molecular complexity index is 910. The summed E-state index contributed by atoms with van der Waals surface area (Å²) in [5, 5.41) is 3.82. The molecule has 1 saturated carbocycles. The van der Waals surface area contributed by atoms with Crippen LogP contribution in [-0.4, -0.2) is 25.4 Å². The Hall–Kier alpha value is -2.76. The van der Waals surface area contributed by atoms with Gasteiger partial charge in [0.15, 0.2) is 0 Å². The molecule has 6 nitrogen and oxygen atoms in total. The summed E-state index contributed by atoms with van der Waals surface area (Å²) in [5.41, 5.74) is 2.81. The number of amides is 1. The molecule has 0 spiro atoms. The Kier molecular flexibility index (Phi) is 3.11. The molecule has 0 atom stereocenters. The van der Waals surface area contributed by atoms with E-state index < -0.39 is 0 Å². The molecule has 1 aliphatic carbocycles. The van der Waals surface area contributed by atoms with E-state index in [1.165, 1.54) is 0 Å². The van der Waals surface area contributed by atoms with E-state index in [2.05, 4.69) is 20.3 Å². The quantitative estimate of drug-likeness (QED) is 0.807. The van der Waals surface area contributed by atoms with Gasteiger partial charge in [0.2, 0.25) is 5.91 Å². The lowest BCUT2D eigenvalue weighted by Crippen LogP contribution is -2.14. The SMILES string of the molecule is Cc1ncc(-c2cnc3cnc(NC(=O)C4CC4)cc3c2)n1C. The monoisotopic (exact) mass is 307 g/mol. The lowest BCUT2D eigenvalue weighted by atomic mass is 10.1. The highest BCUT2D eigenvalue weighted by molar-refractivity contribution is 5.95. The van der Waals surface area contributed by atoms with Crippen LogP contribution in [0.5, 0.6) is 0 Å². The van der Waals surface area contributed by atoms with E-state index in [1.54, 1.807) is 6.20 Å². The molecule has 1 amide bonds. The maximum Gasteiger partial charge on any atom is 0.228 e. The van der Waals surface area contributed by atoms with E-state index in [0.29, 0.717) is 5.82 Å². The van der Waals surface area contributed by atoms with E-state index in [4.69, 9.17) is 0 Å². The van der Waals surface area contributed by atoms with Gasteiger partial charge in [0.25, 0.3) is 0 Å². The van der Waals surface area contributed by atoms with Crippen molar-refractivity contribution in [3.05, 3.63) is 36.5 Å². The number of anilines is 1. The van der Waals surface area contributed by atoms with Crippen molar-refractivity contribution >= 4 is 22.6 Å². The van der Waals surface area contributed by atoms with Crippen molar-refractivity contribution in [1.82, 2.24) is 19.5 Å². The van der Waals surface area contributed by atoms with Crippen LogP contribution in [0.15, 0.2) is 30.7 Å². The smallest absolute Gasteiger partial charge is 0.228 e. The van der Waals surface area contributed by atoms with Gasteiger partial charge in [0, 0.05) is 30.1 Å². The zero-order valence-corrected chi connectivity index (χ0v) is 13.1. The van der Waals surface area contributed by atoms with E-state index in [1.807, 2.05) is 43.1 Å². The number of aromatic nitrogens is 4. The topological polar surface area (TPSA) is 72.7 Å². The van der Waals surface area contributed by atoms with Crippen molar-refractivity contribution in [2.45, 2.75) is 19.8 Å². The summed E-state index contributed by atoms with van der Waals surface area (Å²) >= 11 is 0. The van der Waals surface area contributed by atoms with Gasteiger partial charge in [-0.25, -0.2) is 9.97 Å². The molecule has 0 saturated heterocycles. The number of carbonyl (C=O) groups excluding carboxylic acids is 1. The number of fused-ring (bicyclic) bond motifs is 1. The van der Waals surface area contributed by atoms with Gasteiger partial charge >= 0.3 is 0 Å². The fourth-order valence-electron chi connectivity index (χ4n) is 2.58. The second-order valence-electron chi connectivity index (χ2n) is 6.00. The van der Waals surface area contributed by atoms with Crippen LogP contribution < -0.4 is 5.32 Å².